The van der Waals surface area contributed by atoms with E-state index in [0.717, 1.165) is 16.8 Å². The average molecular weight is 459 g/mol. The summed E-state index contributed by atoms with van der Waals surface area (Å²) in [7, 11) is 0. The van der Waals surface area contributed by atoms with Gasteiger partial charge in [-0.15, -0.1) is 10.2 Å². The summed E-state index contributed by atoms with van der Waals surface area (Å²) in [6.07, 6.45) is -0.0470. The highest BCUT2D eigenvalue weighted by molar-refractivity contribution is 5.92. The molecule has 174 valence electrons. The monoisotopic (exact) mass is 459 g/mol. The molecule has 1 aliphatic carbocycles. The Labute approximate surface area is 188 Å². The van der Waals surface area contributed by atoms with Crippen LogP contribution in [0.25, 0.3) is 11.3 Å². The number of aromatic nitrogens is 4. The molecule has 0 aliphatic heterocycles. The summed E-state index contributed by atoms with van der Waals surface area (Å²) in [6.45, 7) is 3.26. The first-order chi connectivity index (χ1) is 15.9. The molecule has 0 spiro atoms. The average Bonchev–Trinajstić information content (AvgIpc) is 3.14. The summed E-state index contributed by atoms with van der Waals surface area (Å²) in [6, 6.07) is 6.72. The normalized spacial score (nSPS) is 17.6. The lowest BCUT2D eigenvalue weighted by molar-refractivity contribution is -0.0629. The van der Waals surface area contributed by atoms with Crippen LogP contribution in [0.3, 0.4) is 0 Å². The first-order valence-corrected chi connectivity index (χ1v) is 10.4. The van der Waals surface area contributed by atoms with E-state index in [1.165, 1.54) is 6.07 Å². The number of carbonyl (C=O) groups excluding carboxylic acids is 1. The van der Waals surface area contributed by atoms with Crippen molar-refractivity contribution < 1.29 is 27.6 Å². The second-order valence-corrected chi connectivity index (χ2v) is 7.79. The van der Waals surface area contributed by atoms with Crippen LogP contribution in [0.1, 0.15) is 40.3 Å². The van der Waals surface area contributed by atoms with Crippen molar-refractivity contribution in [1.82, 2.24) is 25.7 Å². The van der Waals surface area contributed by atoms with Crippen molar-refractivity contribution in [3.63, 3.8) is 0 Å². The minimum absolute atomic E-state index is 0.131. The Morgan fingerprint density at radius 1 is 1.21 bits per heavy atom. The standard InChI is InChI=1S/C22H23F2N5O4/c1-12-3-4-14(9-25-12)21-17(13(2)33-29-21)10-32-20-6-5-18(27-28-20)22(30)26-15-7-16(8-15)31-11-19(23)24/h3-6,9,15-16,19H,7-8,10-11H2,1-2H3,(H,26,30). The van der Waals surface area contributed by atoms with E-state index in [1.54, 1.807) is 19.2 Å². The number of ether oxygens (including phenoxy) is 2. The molecular formula is C22H23F2N5O4. The summed E-state index contributed by atoms with van der Waals surface area (Å²) in [5, 5.41) is 14.8. The zero-order valence-corrected chi connectivity index (χ0v) is 18.1. The third kappa shape index (κ3) is 5.67. The Kier molecular flexibility index (Phi) is 6.87. The predicted molar refractivity (Wildman–Crippen MR) is 112 cm³/mol. The number of hydrogen-bond acceptors (Lipinski definition) is 8. The van der Waals surface area contributed by atoms with E-state index in [4.69, 9.17) is 14.0 Å². The van der Waals surface area contributed by atoms with Crippen LogP contribution in [0.4, 0.5) is 8.78 Å². The van der Waals surface area contributed by atoms with E-state index in [9.17, 15) is 13.6 Å². The first kappa shape index (κ1) is 22.7. The minimum Gasteiger partial charge on any atom is -0.472 e. The van der Waals surface area contributed by atoms with Crippen molar-refractivity contribution in [3.8, 4) is 17.1 Å². The molecule has 0 radical (unpaired) electrons. The number of halogens is 2. The van der Waals surface area contributed by atoms with Crippen molar-refractivity contribution in [1.29, 1.82) is 0 Å². The van der Waals surface area contributed by atoms with Gasteiger partial charge in [-0.3, -0.25) is 9.78 Å². The summed E-state index contributed by atoms with van der Waals surface area (Å²) in [5.74, 6) is 0.463. The summed E-state index contributed by atoms with van der Waals surface area (Å²) < 4.78 is 40.4. The van der Waals surface area contributed by atoms with Crippen LogP contribution in [0.5, 0.6) is 5.88 Å². The third-order valence-electron chi connectivity index (χ3n) is 5.29. The van der Waals surface area contributed by atoms with Gasteiger partial charge in [0.2, 0.25) is 5.88 Å². The molecule has 0 saturated heterocycles. The molecule has 11 heteroatoms. The highest BCUT2D eigenvalue weighted by Gasteiger charge is 2.32. The van der Waals surface area contributed by atoms with Gasteiger partial charge in [0.25, 0.3) is 12.3 Å². The van der Waals surface area contributed by atoms with E-state index in [1.807, 2.05) is 19.1 Å². The van der Waals surface area contributed by atoms with Crippen LogP contribution in [0.15, 0.2) is 35.0 Å². The van der Waals surface area contributed by atoms with Gasteiger partial charge in [0, 0.05) is 29.6 Å². The third-order valence-corrected chi connectivity index (χ3v) is 5.29. The summed E-state index contributed by atoms with van der Waals surface area (Å²) in [4.78, 5) is 16.6. The lowest BCUT2D eigenvalue weighted by Crippen LogP contribution is -2.48. The van der Waals surface area contributed by atoms with Gasteiger partial charge in [0.1, 0.15) is 24.7 Å². The van der Waals surface area contributed by atoms with Gasteiger partial charge < -0.3 is 19.3 Å². The Bertz CT molecular complexity index is 1080. The van der Waals surface area contributed by atoms with Crippen LogP contribution in [0.2, 0.25) is 0 Å². The zero-order chi connectivity index (χ0) is 23.4. The molecule has 1 N–H and O–H groups in total. The molecule has 0 unspecified atom stereocenters. The molecule has 0 atom stereocenters. The Morgan fingerprint density at radius 3 is 2.70 bits per heavy atom. The highest BCUT2D eigenvalue weighted by Crippen LogP contribution is 2.26. The van der Waals surface area contributed by atoms with Gasteiger partial charge in [-0.1, -0.05) is 5.16 Å². The van der Waals surface area contributed by atoms with Crippen molar-refractivity contribution in [2.45, 2.75) is 51.9 Å². The minimum atomic E-state index is -2.49. The molecule has 9 nitrogen and oxygen atoms in total. The van der Waals surface area contributed by atoms with Crippen molar-refractivity contribution in [3.05, 3.63) is 53.2 Å². The topological polar surface area (TPSA) is 112 Å². The van der Waals surface area contributed by atoms with E-state index < -0.39 is 18.9 Å². The molecule has 3 aromatic rings. The number of nitrogens with one attached hydrogen (secondary N) is 1. The van der Waals surface area contributed by atoms with Crippen molar-refractivity contribution >= 4 is 5.91 Å². The maximum absolute atomic E-state index is 12.3. The summed E-state index contributed by atoms with van der Waals surface area (Å²) >= 11 is 0. The smallest absolute Gasteiger partial charge is 0.272 e. The molecule has 0 bridgehead atoms. The number of pyridine rings is 1. The van der Waals surface area contributed by atoms with Crippen LogP contribution in [0, 0.1) is 13.8 Å². The lowest BCUT2D eigenvalue weighted by atomic mass is 9.89. The van der Waals surface area contributed by atoms with E-state index in [-0.39, 0.29) is 30.3 Å². The second-order valence-electron chi connectivity index (χ2n) is 7.79. The number of rotatable bonds is 9. The Morgan fingerprint density at radius 2 is 2.03 bits per heavy atom. The number of aryl methyl sites for hydroxylation is 2. The van der Waals surface area contributed by atoms with Crippen LogP contribution >= 0.6 is 0 Å². The SMILES string of the molecule is Cc1ccc(-c2noc(C)c2COc2ccc(C(=O)NC3CC(OCC(F)F)C3)nn2)cn1. The first-order valence-electron chi connectivity index (χ1n) is 10.4. The Balaban J connectivity index is 1.30. The quantitative estimate of drug-likeness (QED) is 0.519. The van der Waals surface area contributed by atoms with E-state index in [2.05, 4.69) is 25.7 Å². The second kappa shape index (κ2) is 9.99. The molecule has 3 heterocycles. The van der Waals surface area contributed by atoms with Gasteiger partial charge in [-0.25, -0.2) is 8.78 Å². The fourth-order valence-corrected chi connectivity index (χ4v) is 3.35. The largest absolute Gasteiger partial charge is 0.472 e. The molecule has 1 aliphatic rings. The summed E-state index contributed by atoms with van der Waals surface area (Å²) in [5.41, 5.74) is 3.24. The molecular weight excluding hydrogens is 436 g/mol. The van der Waals surface area contributed by atoms with Gasteiger partial charge in [-0.2, -0.15) is 0 Å². The van der Waals surface area contributed by atoms with Gasteiger partial charge in [-0.05, 0) is 44.9 Å². The maximum atomic E-state index is 12.3. The molecule has 0 aromatic carbocycles. The number of alkyl halides is 2. The van der Waals surface area contributed by atoms with Gasteiger partial charge in [0.05, 0.1) is 11.7 Å². The number of hydrogen-bond donors (Lipinski definition) is 1. The predicted octanol–water partition coefficient (Wildman–Crippen LogP) is 3.26. The number of nitrogens with zero attached hydrogens (tertiary/aromatic N) is 4. The van der Waals surface area contributed by atoms with Crippen molar-refractivity contribution in [2.75, 3.05) is 6.61 Å². The van der Waals surface area contributed by atoms with E-state index in [0.29, 0.717) is 24.3 Å². The number of amides is 1. The fraction of sp³-hybridized carbons (Fsp3) is 0.409. The molecule has 33 heavy (non-hydrogen) atoms. The Hall–Kier alpha value is -3.47. The number of carbonyl (C=O) groups is 1. The molecule has 3 aromatic heterocycles. The molecule has 1 saturated carbocycles. The molecule has 4 rings (SSSR count). The highest BCUT2D eigenvalue weighted by atomic mass is 19.3. The van der Waals surface area contributed by atoms with Gasteiger partial charge >= 0.3 is 0 Å². The van der Waals surface area contributed by atoms with Crippen LogP contribution < -0.4 is 10.1 Å². The lowest BCUT2D eigenvalue weighted by Gasteiger charge is -2.35. The van der Waals surface area contributed by atoms with E-state index >= 15 is 0 Å². The van der Waals surface area contributed by atoms with Crippen molar-refractivity contribution in [2.24, 2.45) is 0 Å². The van der Waals surface area contributed by atoms with Crippen LogP contribution in [-0.4, -0.2) is 51.4 Å². The van der Waals surface area contributed by atoms with Crippen LogP contribution in [-0.2, 0) is 11.3 Å². The molecule has 1 amide bonds. The van der Waals surface area contributed by atoms with Gasteiger partial charge in [0.15, 0.2) is 5.69 Å². The fourth-order valence-electron chi connectivity index (χ4n) is 3.35. The molecule has 1 fully saturated rings. The maximum Gasteiger partial charge on any atom is 0.272 e. The zero-order valence-electron chi connectivity index (χ0n) is 18.1.